The first-order valence-corrected chi connectivity index (χ1v) is 6.97. The van der Waals surface area contributed by atoms with E-state index in [1.807, 2.05) is 0 Å². The standard InChI is InChI=1S/C16H14FN3O4/c17-12-7-3-2-6-11(12)16(22)19-13(15(18)21)9-10-5-1-4-8-14(10)20(23)24/h1-8,13H,9H2,(H2,18,21)(H,19,22)/t13-/m1/s1. The van der Waals surface area contributed by atoms with Gasteiger partial charge in [-0.1, -0.05) is 30.3 Å². The van der Waals surface area contributed by atoms with E-state index in [0.717, 1.165) is 6.07 Å². The molecule has 0 aliphatic carbocycles. The maximum atomic E-state index is 13.6. The lowest BCUT2D eigenvalue weighted by molar-refractivity contribution is -0.385. The van der Waals surface area contributed by atoms with Crippen LogP contribution >= 0.6 is 0 Å². The first-order valence-electron chi connectivity index (χ1n) is 6.97. The number of nitro benzene ring substituents is 1. The van der Waals surface area contributed by atoms with E-state index in [1.54, 1.807) is 6.07 Å². The highest BCUT2D eigenvalue weighted by Crippen LogP contribution is 2.19. The van der Waals surface area contributed by atoms with Gasteiger partial charge in [-0.05, 0) is 12.1 Å². The Hall–Kier alpha value is -3.29. The van der Waals surface area contributed by atoms with Crippen molar-refractivity contribution in [3.8, 4) is 0 Å². The van der Waals surface area contributed by atoms with Gasteiger partial charge in [-0.25, -0.2) is 4.39 Å². The SMILES string of the molecule is NC(=O)[C@@H](Cc1ccccc1[N+](=O)[O-])NC(=O)c1ccccc1F. The summed E-state index contributed by atoms with van der Waals surface area (Å²) in [5, 5.41) is 13.3. The smallest absolute Gasteiger partial charge is 0.272 e. The molecule has 0 aliphatic rings. The van der Waals surface area contributed by atoms with Gasteiger partial charge >= 0.3 is 0 Å². The number of benzene rings is 2. The molecule has 0 unspecified atom stereocenters. The number of nitrogens with two attached hydrogens (primary N) is 1. The van der Waals surface area contributed by atoms with E-state index in [4.69, 9.17) is 5.73 Å². The van der Waals surface area contributed by atoms with Crippen molar-refractivity contribution >= 4 is 17.5 Å². The number of amides is 2. The molecule has 0 aromatic heterocycles. The van der Waals surface area contributed by atoms with Gasteiger partial charge in [-0.15, -0.1) is 0 Å². The number of rotatable bonds is 6. The summed E-state index contributed by atoms with van der Waals surface area (Å²) in [6, 6.07) is 9.85. The first kappa shape index (κ1) is 17.1. The van der Waals surface area contributed by atoms with Crippen molar-refractivity contribution in [3.05, 3.63) is 75.6 Å². The van der Waals surface area contributed by atoms with Gasteiger partial charge in [0.1, 0.15) is 11.9 Å². The number of nitrogens with one attached hydrogen (secondary N) is 1. The highest BCUT2D eigenvalue weighted by molar-refractivity contribution is 5.97. The van der Waals surface area contributed by atoms with E-state index in [9.17, 15) is 24.1 Å². The lowest BCUT2D eigenvalue weighted by Gasteiger charge is -2.16. The fourth-order valence-corrected chi connectivity index (χ4v) is 2.19. The molecule has 0 radical (unpaired) electrons. The zero-order valence-electron chi connectivity index (χ0n) is 12.4. The Kier molecular flexibility index (Phi) is 5.20. The minimum Gasteiger partial charge on any atom is -0.368 e. The minimum atomic E-state index is -1.21. The van der Waals surface area contributed by atoms with Crippen molar-refractivity contribution in [2.24, 2.45) is 5.73 Å². The summed E-state index contributed by atoms with van der Waals surface area (Å²) in [6.07, 6.45) is -0.174. The molecule has 0 spiro atoms. The number of carbonyl (C=O) groups excluding carboxylic acids is 2. The van der Waals surface area contributed by atoms with Gasteiger partial charge in [-0.3, -0.25) is 19.7 Å². The topological polar surface area (TPSA) is 115 Å². The van der Waals surface area contributed by atoms with Crippen LogP contribution in [0.3, 0.4) is 0 Å². The molecule has 2 aromatic rings. The number of nitro groups is 1. The van der Waals surface area contributed by atoms with Gasteiger partial charge in [0, 0.05) is 18.1 Å². The third kappa shape index (κ3) is 3.92. The van der Waals surface area contributed by atoms with Crippen LogP contribution in [-0.2, 0) is 11.2 Å². The summed E-state index contributed by atoms with van der Waals surface area (Å²) < 4.78 is 13.6. The molecular weight excluding hydrogens is 317 g/mol. The molecule has 8 heteroatoms. The third-order valence-electron chi connectivity index (χ3n) is 3.38. The van der Waals surface area contributed by atoms with Crippen molar-refractivity contribution < 1.29 is 18.9 Å². The molecule has 0 aliphatic heterocycles. The van der Waals surface area contributed by atoms with E-state index in [2.05, 4.69) is 5.32 Å². The van der Waals surface area contributed by atoms with Crippen LogP contribution in [-0.4, -0.2) is 22.8 Å². The van der Waals surface area contributed by atoms with Crippen molar-refractivity contribution in [3.63, 3.8) is 0 Å². The predicted octanol–water partition coefficient (Wildman–Crippen LogP) is 1.56. The molecule has 1 atom stereocenters. The second-order valence-electron chi connectivity index (χ2n) is 5.00. The van der Waals surface area contributed by atoms with Gasteiger partial charge in [-0.2, -0.15) is 0 Å². The van der Waals surface area contributed by atoms with E-state index in [1.165, 1.54) is 36.4 Å². The second-order valence-corrected chi connectivity index (χ2v) is 5.00. The summed E-state index contributed by atoms with van der Waals surface area (Å²) in [5.74, 6) is -2.45. The van der Waals surface area contributed by atoms with Gasteiger partial charge in [0.05, 0.1) is 10.5 Å². The lowest BCUT2D eigenvalue weighted by atomic mass is 10.0. The van der Waals surface area contributed by atoms with Crippen molar-refractivity contribution in [2.45, 2.75) is 12.5 Å². The largest absolute Gasteiger partial charge is 0.368 e. The Morgan fingerprint density at radius 2 is 1.79 bits per heavy atom. The van der Waals surface area contributed by atoms with Crippen LogP contribution < -0.4 is 11.1 Å². The molecule has 0 saturated heterocycles. The van der Waals surface area contributed by atoms with Gasteiger partial charge in [0.25, 0.3) is 11.6 Å². The zero-order valence-corrected chi connectivity index (χ0v) is 12.4. The fraction of sp³-hybridized carbons (Fsp3) is 0.125. The Balaban J connectivity index is 2.22. The third-order valence-corrected chi connectivity index (χ3v) is 3.38. The van der Waals surface area contributed by atoms with E-state index < -0.39 is 28.6 Å². The number of nitrogens with zero attached hydrogens (tertiary/aromatic N) is 1. The lowest BCUT2D eigenvalue weighted by Crippen LogP contribution is -2.46. The quantitative estimate of drug-likeness (QED) is 0.617. The number of carbonyl (C=O) groups is 2. The molecule has 124 valence electrons. The Morgan fingerprint density at radius 1 is 1.17 bits per heavy atom. The first-order chi connectivity index (χ1) is 11.4. The van der Waals surface area contributed by atoms with Crippen LogP contribution in [0, 0.1) is 15.9 Å². The molecule has 2 amide bonds. The molecule has 0 bridgehead atoms. The van der Waals surface area contributed by atoms with Crippen molar-refractivity contribution in [1.29, 1.82) is 0 Å². The maximum Gasteiger partial charge on any atom is 0.272 e. The average molecular weight is 331 g/mol. The summed E-state index contributed by atoms with van der Waals surface area (Å²) >= 11 is 0. The van der Waals surface area contributed by atoms with E-state index >= 15 is 0 Å². The van der Waals surface area contributed by atoms with Crippen LogP contribution in [0.15, 0.2) is 48.5 Å². The monoisotopic (exact) mass is 331 g/mol. The van der Waals surface area contributed by atoms with Gasteiger partial charge < -0.3 is 11.1 Å². The summed E-state index contributed by atoms with van der Waals surface area (Å²) in [5.41, 5.74) is 5.06. The Morgan fingerprint density at radius 3 is 2.42 bits per heavy atom. The van der Waals surface area contributed by atoms with Crippen LogP contribution in [0.2, 0.25) is 0 Å². The van der Waals surface area contributed by atoms with Crippen LogP contribution in [0.5, 0.6) is 0 Å². The van der Waals surface area contributed by atoms with Crippen LogP contribution in [0.1, 0.15) is 15.9 Å². The zero-order chi connectivity index (χ0) is 17.7. The second kappa shape index (κ2) is 7.32. The minimum absolute atomic E-state index is 0.174. The van der Waals surface area contributed by atoms with Crippen molar-refractivity contribution in [2.75, 3.05) is 0 Å². The molecule has 0 fully saturated rings. The number of para-hydroxylation sites is 1. The summed E-state index contributed by atoms with van der Waals surface area (Å²) in [4.78, 5) is 34.1. The number of hydrogen-bond acceptors (Lipinski definition) is 4. The number of primary amides is 1. The molecule has 0 heterocycles. The average Bonchev–Trinajstić information content (AvgIpc) is 2.54. The van der Waals surface area contributed by atoms with Crippen LogP contribution in [0.4, 0.5) is 10.1 Å². The van der Waals surface area contributed by atoms with Gasteiger partial charge in [0.2, 0.25) is 5.91 Å². The summed E-state index contributed by atoms with van der Waals surface area (Å²) in [6.45, 7) is 0. The Labute approximate surface area is 136 Å². The van der Waals surface area contributed by atoms with Gasteiger partial charge in [0.15, 0.2) is 0 Å². The molecular formula is C16H14FN3O4. The van der Waals surface area contributed by atoms with E-state index in [0.29, 0.717) is 0 Å². The molecule has 7 nitrogen and oxygen atoms in total. The normalized spacial score (nSPS) is 11.5. The molecule has 0 saturated carbocycles. The molecule has 2 aromatic carbocycles. The molecule has 3 N–H and O–H groups in total. The van der Waals surface area contributed by atoms with Crippen molar-refractivity contribution in [1.82, 2.24) is 5.32 Å². The summed E-state index contributed by atoms with van der Waals surface area (Å²) in [7, 11) is 0. The predicted molar refractivity (Wildman–Crippen MR) is 83.6 cm³/mol. The number of halogens is 1. The maximum absolute atomic E-state index is 13.6. The number of hydrogen-bond donors (Lipinski definition) is 2. The highest BCUT2D eigenvalue weighted by atomic mass is 19.1. The van der Waals surface area contributed by atoms with E-state index in [-0.39, 0.29) is 23.2 Å². The van der Waals surface area contributed by atoms with Crippen LogP contribution in [0.25, 0.3) is 0 Å². The fourth-order valence-electron chi connectivity index (χ4n) is 2.19. The molecule has 24 heavy (non-hydrogen) atoms. The highest BCUT2D eigenvalue weighted by Gasteiger charge is 2.24. The Bertz CT molecular complexity index is 794. The molecule has 2 rings (SSSR count).